The lowest BCUT2D eigenvalue weighted by Crippen LogP contribution is -2.47. The summed E-state index contributed by atoms with van der Waals surface area (Å²) in [6, 6.07) is 6.60. The molecule has 0 aliphatic carbocycles. The number of aromatic nitrogens is 2. The lowest BCUT2D eigenvalue weighted by molar-refractivity contribution is -0.142. The highest BCUT2D eigenvalue weighted by Crippen LogP contribution is 2.19. The first-order valence-corrected chi connectivity index (χ1v) is 7.94. The number of rotatable bonds is 3. The van der Waals surface area contributed by atoms with E-state index < -0.39 is 6.04 Å². The summed E-state index contributed by atoms with van der Waals surface area (Å²) >= 11 is 0. The van der Waals surface area contributed by atoms with Crippen LogP contribution in [0.15, 0.2) is 35.4 Å². The van der Waals surface area contributed by atoms with Gasteiger partial charge in [0, 0.05) is 20.6 Å². The summed E-state index contributed by atoms with van der Waals surface area (Å²) in [6.45, 7) is 0.437. The molecule has 3 rings (SSSR count). The summed E-state index contributed by atoms with van der Waals surface area (Å²) in [5.74, 6) is -0.309. The molecule has 1 atom stereocenters. The molecular formula is C17H20N4O3. The van der Waals surface area contributed by atoms with Gasteiger partial charge in [-0.3, -0.25) is 19.0 Å². The number of hydrogen-bond donors (Lipinski definition) is 0. The normalized spacial score (nSPS) is 17.2. The van der Waals surface area contributed by atoms with Gasteiger partial charge in [0.15, 0.2) is 0 Å². The third kappa shape index (κ3) is 2.89. The van der Waals surface area contributed by atoms with Crippen molar-refractivity contribution in [3.63, 3.8) is 0 Å². The van der Waals surface area contributed by atoms with Gasteiger partial charge in [0.2, 0.25) is 11.8 Å². The Morgan fingerprint density at radius 3 is 2.79 bits per heavy atom. The lowest BCUT2D eigenvalue weighted by atomic mass is 10.2. The Morgan fingerprint density at radius 1 is 1.29 bits per heavy atom. The van der Waals surface area contributed by atoms with Crippen molar-refractivity contribution < 1.29 is 9.59 Å². The monoisotopic (exact) mass is 328 g/mol. The Labute approximate surface area is 139 Å². The lowest BCUT2D eigenvalue weighted by Gasteiger charge is -2.26. The summed E-state index contributed by atoms with van der Waals surface area (Å²) in [5, 5.41) is 0.482. The fourth-order valence-electron chi connectivity index (χ4n) is 3.08. The highest BCUT2D eigenvalue weighted by molar-refractivity contribution is 5.88. The maximum Gasteiger partial charge on any atom is 0.261 e. The molecule has 0 bridgehead atoms. The Hall–Kier alpha value is -2.70. The number of likely N-dealkylation sites (tertiary alicyclic amines) is 1. The smallest absolute Gasteiger partial charge is 0.261 e. The van der Waals surface area contributed by atoms with Crippen molar-refractivity contribution in [3.05, 3.63) is 40.9 Å². The van der Waals surface area contributed by atoms with Crippen LogP contribution < -0.4 is 5.56 Å². The van der Waals surface area contributed by atoms with Crippen LogP contribution in [0.4, 0.5) is 0 Å². The van der Waals surface area contributed by atoms with Crippen LogP contribution in [-0.4, -0.2) is 57.8 Å². The second kappa shape index (κ2) is 6.43. The minimum atomic E-state index is -0.434. The van der Waals surface area contributed by atoms with Crippen molar-refractivity contribution in [1.29, 1.82) is 0 Å². The molecule has 0 radical (unpaired) electrons. The van der Waals surface area contributed by atoms with E-state index in [0.29, 0.717) is 23.9 Å². The van der Waals surface area contributed by atoms with E-state index in [1.807, 2.05) is 6.07 Å². The molecule has 1 saturated heterocycles. The van der Waals surface area contributed by atoms with Crippen molar-refractivity contribution in [1.82, 2.24) is 19.4 Å². The average Bonchev–Trinajstić information content (AvgIpc) is 3.06. The molecule has 24 heavy (non-hydrogen) atoms. The van der Waals surface area contributed by atoms with Crippen LogP contribution in [0.3, 0.4) is 0 Å². The van der Waals surface area contributed by atoms with Crippen LogP contribution in [0.1, 0.15) is 12.8 Å². The van der Waals surface area contributed by atoms with Crippen molar-refractivity contribution >= 4 is 22.7 Å². The average molecular weight is 328 g/mol. The van der Waals surface area contributed by atoms with Gasteiger partial charge in [0.1, 0.15) is 12.6 Å². The number of hydrogen-bond acceptors (Lipinski definition) is 4. The van der Waals surface area contributed by atoms with Crippen LogP contribution in [0.5, 0.6) is 0 Å². The Bertz CT molecular complexity index is 843. The van der Waals surface area contributed by atoms with Gasteiger partial charge < -0.3 is 9.80 Å². The first kappa shape index (κ1) is 16.2. The van der Waals surface area contributed by atoms with E-state index in [9.17, 15) is 14.4 Å². The zero-order chi connectivity index (χ0) is 17.3. The number of benzene rings is 1. The molecule has 1 unspecified atom stereocenters. The maximum absolute atomic E-state index is 12.6. The summed E-state index contributed by atoms with van der Waals surface area (Å²) in [7, 11) is 3.36. The summed E-state index contributed by atoms with van der Waals surface area (Å²) in [4.78, 5) is 44.6. The zero-order valence-corrected chi connectivity index (χ0v) is 13.8. The second-order valence-corrected chi connectivity index (χ2v) is 6.17. The highest BCUT2D eigenvalue weighted by atomic mass is 16.2. The van der Waals surface area contributed by atoms with Gasteiger partial charge in [-0.05, 0) is 25.0 Å². The number of carbonyl (C=O) groups is 2. The predicted octanol–water partition coefficient (Wildman–Crippen LogP) is 0.476. The molecule has 1 aliphatic heterocycles. The first-order valence-electron chi connectivity index (χ1n) is 7.94. The number of fused-ring (bicyclic) bond motifs is 1. The maximum atomic E-state index is 12.6. The van der Waals surface area contributed by atoms with Crippen molar-refractivity contribution in [3.8, 4) is 0 Å². The second-order valence-electron chi connectivity index (χ2n) is 6.17. The number of para-hydroxylation sites is 1. The molecule has 126 valence electrons. The van der Waals surface area contributed by atoms with E-state index in [4.69, 9.17) is 0 Å². The molecule has 1 aliphatic rings. The molecular weight excluding hydrogens is 308 g/mol. The number of carbonyl (C=O) groups excluding carboxylic acids is 2. The third-order valence-electron chi connectivity index (χ3n) is 4.34. The van der Waals surface area contributed by atoms with E-state index >= 15 is 0 Å². The molecule has 7 nitrogen and oxygen atoms in total. The van der Waals surface area contributed by atoms with E-state index in [0.717, 1.165) is 6.42 Å². The van der Waals surface area contributed by atoms with Gasteiger partial charge in [-0.25, -0.2) is 4.98 Å². The Morgan fingerprint density at radius 2 is 2.04 bits per heavy atom. The van der Waals surface area contributed by atoms with Crippen molar-refractivity contribution in [2.24, 2.45) is 0 Å². The van der Waals surface area contributed by atoms with Gasteiger partial charge in [-0.15, -0.1) is 0 Å². The summed E-state index contributed by atoms with van der Waals surface area (Å²) in [6.07, 6.45) is 2.84. The van der Waals surface area contributed by atoms with Crippen molar-refractivity contribution in [2.75, 3.05) is 20.6 Å². The van der Waals surface area contributed by atoms with Crippen LogP contribution >= 0.6 is 0 Å². The van der Waals surface area contributed by atoms with Crippen LogP contribution in [0.2, 0.25) is 0 Å². The number of nitrogens with zero attached hydrogens (tertiary/aromatic N) is 4. The SMILES string of the molecule is CN(C)C(=O)C1CCCN1C(=O)Cn1cnc2ccccc2c1=O. The van der Waals surface area contributed by atoms with E-state index in [1.54, 1.807) is 37.2 Å². The molecule has 7 heteroatoms. The molecule has 0 spiro atoms. The first-order chi connectivity index (χ1) is 11.5. The number of amides is 2. The quantitative estimate of drug-likeness (QED) is 0.821. The highest BCUT2D eigenvalue weighted by Gasteiger charge is 2.34. The van der Waals surface area contributed by atoms with Gasteiger partial charge >= 0.3 is 0 Å². The molecule has 0 saturated carbocycles. The van der Waals surface area contributed by atoms with Crippen LogP contribution in [0, 0.1) is 0 Å². The van der Waals surface area contributed by atoms with Gasteiger partial charge in [0.25, 0.3) is 5.56 Å². The predicted molar refractivity (Wildman–Crippen MR) is 89.4 cm³/mol. The van der Waals surface area contributed by atoms with Crippen molar-refractivity contribution in [2.45, 2.75) is 25.4 Å². The number of likely N-dealkylation sites (N-methyl/N-ethyl adjacent to an activating group) is 1. The van der Waals surface area contributed by atoms with Gasteiger partial charge in [-0.2, -0.15) is 0 Å². The Kier molecular flexibility index (Phi) is 4.33. The van der Waals surface area contributed by atoms with E-state index in [-0.39, 0.29) is 23.9 Å². The van der Waals surface area contributed by atoms with Crippen LogP contribution in [-0.2, 0) is 16.1 Å². The molecule has 0 N–H and O–H groups in total. The summed E-state index contributed by atoms with van der Waals surface area (Å²) in [5.41, 5.74) is 0.358. The molecule has 1 aromatic heterocycles. The van der Waals surface area contributed by atoms with E-state index in [2.05, 4.69) is 4.98 Å². The van der Waals surface area contributed by atoms with Gasteiger partial charge in [-0.1, -0.05) is 12.1 Å². The fourth-order valence-corrected chi connectivity index (χ4v) is 3.08. The van der Waals surface area contributed by atoms with E-state index in [1.165, 1.54) is 15.8 Å². The standard InChI is InChI=1S/C17H20N4O3/c1-19(2)17(24)14-8-5-9-21(14)15(22)10-20-11-18-13-7-4-3-6-12(13)16(20)23/h3-4,6-7,11,14H,5,8-10H2,1-2H3. The van der Waals surface area contributed by atoms with Gasteiger partial charge in [0.05, 0.1) is 17.2 Å². The minimum Gasteiger partial charge on any atom is -0.347 e. The molecule has 1 fully saturated rings. The topological polar surface area (TPSA) is 75.5 Å². The molecule has 2 aromatic rings. The minimum absolute atomic E-state index is 0.0789. The third-order valence-corrected chi connectivity index (χ3v) is 4.34. The molecule has 2 amide bonds. The van der Waals surface area contributed by atoms with Crippen LogP contribution in [0.25, 0.3) is 10.9 Å². The zero-order valence-electron chi connectivity index (χ0n) is 13.8. The Balaban J connectivity index is 1.83. The fraction of sp³-hybridized carbons (Fsp3) is 0.412. The molecule has 2 heterocycles. The largest absolute Gasteiger partial charge is 0.347 e. The molecule has 1 aromatic carbocycles. The summed E-state index contributed by atoms with van der Waals surface area (Å²) < 4.78 is 1.31.